The summed E-state index contributed by atoms with van der Waals surface area (Å²) >= 11 is 0. The molecule has 6 aromatic rings. The van der Waals surface area contributed by atoms with Gasteiger partial charge in [-0.15, -0.1) is 5.39 Å². The number of rotatable bonds is 9. The first-order valence-electron chi connectivity index (χ1n) is 18.2. The van der Waals surface area contributed by atoms with Crippen LogP contribution in [0.15, 0.2) is 121 Å². The minimum Gasteiger partial charge on any atom is -0.512 e. The molecule has 4 aromatic carbocycles. The number of fused-ring (bicyclic) bond motifs is 5. The number of carbonyl (C=O) groups is 1. The molecule has 0 spiro atoms. The topological polar surface area (TPSA) is 55.1 Å². The molecule has 0 unspecified atom stereocenters. The van der Waals surface area contributed by atoms with Crippen LogP contribution >= 0.6 is 0 Å². The Morgan fingerprint density at radius 3 is 2.16 bits per heavy atom. The molecule has 51 heavy (non-hydrogen) atoms. The number of aromatic nitrogens is 2. The van der Waals surface area contributed by atoms with Crippen molar-refractivity contribution in [2.75, 3.05) is 0 Å². The predicted octanol–water partition coefficient (Wildman–Crippen LogP) is 9.00. The number of ketones is 1. The molecule has 263 valence electrons. The van der Waals surface area contributed by atoms with Crippen molar-refractivity contribution >= 4 is 50.6 Å². The van der Waals surface area contributed by atoms with E-state index in [0.29, 0.717) is 0 Å². The zero-order valence-corrected chi connectivity index (χ0v) is 33.0. The van der Waals surface area contributed by atoms with Gasteiger partial charge in [-0.3, -0.25) is 4.79 Å². The van der Waals surface area contributed by atoms with Crippen LogP contribution in [0.3, 0.4) is 0 Å². The summed E-state index contributed by atoms with van der Waals surface area (Å²) in [5, 5.41) is 13.3. The molecule has 2 aromatic heterocycles. The SMILES string of the molecule is CC1(C)c2ccccc2B(c2ccccc2)c2c1n(-c1cc3ccccc3cn1)c1[c-]cccc21.CCC(CC)C(=O)/C=C(\O)C(CC)CC.[Ir]. The number of hydrogen-bond acceptors (Lipinski definition) is 3. The molecule has 7 rings (SSSR count). The molecule has 1 aliphatic heterocycles. The maximum Gasteiger partial charge on any atom is 0.231 e. The third-order valence-electron chi connectivity index (χ3n) is 10.7. The quantitative estimate of drug-likeness (QED) is 0.0685. The van der Waals surface area contributed by atoms with Crippen molar-refractivity contribution in [2.24, 2.45) is 11.8 Å². The third kappa shape index (κ3) is 7.27. The van der Waals surface area contributed by atoms with Crippen LogP contribution in [0.25, 0.3) is 27.5 Å². The van der Waals surface area contributed by atoms with E-state index < -0.39 is 0 Å². The van der Waals surface area contributed by atoms with Gasteiger partial charge in [-0.25, -0.2) is 4.98 Å². The third-order valence-corrected chi connectivity index (χ3v) is 10.7. The summed E-state index contributed by atoms with van der Waals surface area (Å²) in [5.74, 6) is 1.49. The van der Waals surface area contributed by atoms with Crippen LogP contribution in [0.1, 0.15) is 78.5 Å². The second kappa shape index (κ2) is 16.4. The molecular formula is C45H48BIrN2O2-. The van der Waals surface area contributed by atoms with Crippen LogP contribution in [0.4, 0.5) is 0 Å². The van der Waals surface area contributed by atoms with Gasteiger partial charge in [0.15, 0.2) is 5.78 Å². The molecule has 1 N–H and O–H groups in total. The van der Waals surface area contributed by atoms with Crippen LogP contribution < -0.4 is 16.4 Å². The Balaban J connectivity index is 0.000000271. The Kier molecular flexibility index (Phi) is 12.2. The molecule has 0 aliphatic carbocycles. The number of nitrogens with zero attached hydrogens (tertiary/aromatic N) is 2. The van der Waals surface area contributed by atoms with Gasteiger partial charge in [-0.1, -0.05) is 142 Å². The molecule has 3 heterocycles. The standard InChI is InChI=1S/C32H24BN2.C13H24O2.Ir/c1-32(2)26-17-9-10-18-27(26)33(24-14-4-3-5-15-24)30-25-16-8-11-19-28(25)35(31(30)32)29-20-22-12-6-7-13-23(22)21-34-29;1-5-10(6-2)12(14)9-13(15)11(7-3)8-4;/h3-18,20-21H,1-2H3;9-11,14H,5-8H2,1-4H3;/q-1;;/b;12-9-;. The zero-order chi connectivity index (χ0) is 35.4. The van der Waals surface area contributed by atoms with Gasteiger partial charge in [-0.2, -0.15) is 24.3 Å². The molecule has 1 aliphatic rings. The van der Waals surface area contributed by atoms with Crippen LogP contribution in [0.2, 0.25) is 0 Å². The number of aliphatic hydroxyl groups excluding tert-OH is 1. The Hall–Kier alpha value is -4.25. The normalized spacial score (nSPS) is 13.4. The van der Waals surface area contributed by atoms with E-state index in [0.717, 1.165) is 42.4 Å². The maximum atomic E-state index is 11.7. The summed E-state index contributed by atoms with van der Waals surface area (Å²) in [5.41, 5.74) is 7.59. The van der Waals surface area contributed by atoms with E-state index in [1.807, 2.05) is 40.0 Å². The van der Waals surface area contributed by atoms with Crippen molar-refractivity contribution in [3.05, 3.63) is 138 Å². The summed E-state index contributed by atoms with van der Waals surface area (Å²) in [6.45, 7) is 12.9. The maximum absolute atomic E-state index is 11.7. The zero-order valence-electron chi connectivity index (χ0n) is 30.6. The second-order valence-electron chi connectivity index (χ2n) is 14.0. The monoisotopic (exact) mass is 852 g/mol. The van der Waals surface area contributed by atoms with Gasteiger partial charge in [0.1, 0.15) is 5.82 Å². The van der Waals surface area contributed by atoms with E-state index in [-0.39, 0.29) is 55.6 Å². The van der Waals surface area contributed by atoms with E-state index >= 15 is 0 Å². The van der Waals surface area contributed by atoms with Gasteiger partial charge in [-0.05, 0) is 42.7 Å². The van der Waals surface area contributed by atoms with Crippen LogP contribution in [-0.2, 0) is 30.3 Å². The van der Waals surface area contributed by atoms with Crippen molar-refractivity contribution in [1.29, 1.82) is 0 Å². The van der Waals surface area contributed by atoms with Crippen molar-refractivity contribution in [3.8, 4) is 5.82 Å². The first-order chi connectivity index (χ1) is 24.2. The van der Waals surface area contributed by atoms with Gasteiger partial charge in [0.05, 0.1) is 5.76 Å². The van der Waals surface area contributed by atoms with E-state index in [4.69, 9.17) is 4.98 Å². The fourth-order valence-electron chi connectivity index (χ4n) is 7.89. The average Bonchev–Trinajstić information content (AvgIpc) is 3.49. The van der Waals surface area contributed by atoms with Gasteiger partial charge >= 0.3 is 0 Å². The Morgan fingerprint density at radius 1 is 0.843 bits per heavy atom. The first-order valence-corrected chi connectivity index (χ1v) is 18.2. The fraction of sp³-hybridized carbons (Fsp3) is 0.289. The number of benzene rings is 4. The average molecular weight is 852 g/mol. The number of allylic oxidation sites excluding steroid dienone is 2. The van der Waals surface area contributed by atoms with Gasteiger partial charge in [0.25, 0.3) is 0 Å². The van der Waals surface area contributed by atoms with E-state index in [2.05, 4.69) is 122 Å². The Labute approximate surface area is 317 Å². The fourth-order valence-corrected chi connectivity index (χ4v) is 7.89. The minimum absolute atomic E-state index is 0. The molecule has 4 nitrogen and oxygen atoms in total. The smallest absolute Gasteiger partial charge is 0.231 e. The first kappa shape index (κ1) is 38.0. The molecule has 0 saturated carbocycles. The molecule has 0 saturated heterocycles. The van der Waals surface area contributed by atoms with E-state index in [9.17, 15) is 9.90 Å². The van der Waals surface area contributed by atoms with Gasteiger partial charge in [0.2, 0.25) is 6.71 Å². The van der Waals surface area contributed by atoms with Gasteiger partial charge < -0.3 is 9.67 Å². The molecule has 0 fully saturated rings. The summed E-state index contributed by atoms with van der Waals surface area (Å²) in [4.78, 5) is 16.7. The number of carbonyl (C=O) groups excluding carboxylic acids is 1. The van der Waals surface area contributed by atoms with E-state index in [1.165, 1.54) is 44.5 Å². The Morgan fingerprint density at radius 2 is 1.47 bits per heavy atom. The number of pyridine rings is 1. The molecular weight excluding hydrogens is 804 g/mol. The molecule has 0 amide bonds. The van der Waals surface area contributed by atoms with Crippen LogP contribution in [-0.4, -0.2) is 27.2 Å². The molecule has 6 heteroatoms. The Bertz CT molecular complexity index is 2140. The largest absolute Gasteiger partial charge is 0.512 e. The summed E-state index contributed by atoms with van der Waals surface area (Å²) in [6, 6.07) is 40.5. The van der Waals surface area contributed by atoms with Crippen molar-refractivity contribution in [1.82, 2.24) is 9.55 Å². The van der Waals surface area contributed by atoms with Crippen LogP contribution in [0.5, 0.6) is 0 Å². The molecule has 0 bridgehead atoms. The van der Waals surface area contributed by atoms with Gasteiger partial charge in [0, 0.05) is 60.7 Å². The van der Waals surface area contributed by atoms with Crippen molar-refractivity contribution < 1.29 is 30.0 Å². The van der Waals surface area contributed by atoms with E-state index in [1.54, 1.807) is 0 Å². The van der Waals surface area contributed by atoms with Crippen LogP contribution in [0, 0.1) is 17.9 Å². The summed E-state index contributed by atoms with van der Waals surface area (Å²) in [6.07, 6.45) is 6.90. The minimum atomic E-state index is -0.211. The van der Waals surface area contributed by atoms with Crippen molar-refractivity contribution in [2.45, 2.75) is 72.6 Å². The summed E-state index contributed by atoms with van der Waals surface area (Å²) < 4.78 is 2.36. The predicted molar refractivity (Wildman–Crippen MR) is 211 cm³/mol. The summed E-state index contributed by atoms with van der Waals surface area (Å²) in [7, 11) is 0. The molecule has 0 atom stereocenters. The van der Waals surface area contributed by atoms with Crippen molar-refractivity contribution in [3.63, 3.8) is 0 Å². The number of para-hydroxylation sites is 1. The molecule has 1 radical (unpaired) electrons. The second-order valence-corrected chi connectivity index (χ2v) is 14.0. The number of aliphatic hydroxyl groups is 1. The number of hydrogen-bond donors (Lipinski definition) is 1.